The summed E-state index contributed by atoms with van der Waals surface area (Å²) >= 11 is 0. The Morgan fingerprint density at radius 1 is 0.900 bits per heavy atom. The smallest absolute Gasteiger partial charge is 0.379 e. The van der Waals surface area contributed by atoms with Crippen LogP contribution in [0, 0.1) is 0 Å². The van der Waals surface area contributed by atoms with E-state index in [-0.39, 0.29) is 11.3 Å². The highest BCUT2D eigenvalue weighted by molar-refractivity contribution is 5.93. The lowest BCUT2D eigenvalue weighted by Crippen LogP contribution is -2.38. The van der Waals surface area contributed by atoms with Crippen LogP contribution in [-0.2, 0) is 17.5 Å². The predicted molar refractivity (Wildman–Crippen MR) is 146 cm³/mol. The Hall–Kier alpha value is -4.35. The maximum Gasteiger partial charge on any atom is 0.417 e. The van der Waals surface area contributed by atoms with Crippen molar-refractivity contribution in [3.8, 4) is 22.4 Å². The number of pyridine rings is 1. The summed E-state index contributed by atoms with van der Waals surface area (Å²) in [5.74, 6) is 0.541. The zero-order chi connectivity index (χ0) is 27.5. The van der Waals surface area contributed by atoms with Crippen molar-refractivity contribution in [2.75, 3.05) is 38.2 Å². The summed E-state index contributed by atoms with van der Waals surface area (Å²) in [6, 6.07) is 14.6. The second kappa shape index (κ2) is 11.0. The molecule has 0 radical (unpaired) electrons. The third-order valence-corrected chi connectivity index (χ3v) is 6.88. The Morgan fingerprint density at radius 3 is 2.60 bits per heavy atom. The van der Waals surface area contributed by atoms with Crippen LogP contribution >= 0.6 is 0 Å². The highest BCUT2D eigenvalue weighted by Crippen LogP contribution is 2.37. The molecular formula is C29H26F3N7O. The second-order valence-corrected chi connectivity index (χ2v) is 9.50. The number of halogens is 3. The summed E-state index contributed by atoms with van der Waals surface area (Å²) in [7, 11) is 0. The van der Waals surface area contributed by atoms with Crippen LogP contribution in [0.1, 0.15) is 5.56 Å². The van der Waals surface area contributed by atoms with E-state index < -0.39 is 11.7 Å². The number of nitrogens with one attached hydrogen (secondary N) is 1. The molecular weight excluding hydrogens is 519 g/mol. The molecule has 1 aliphatic heterocycles. The van der Waals surface area contributed by atoms with Gasteiger partial charge >= 0.3 is 6.18 Å². The van der Waals surface area contributed by atoms with Gasteiger partial charge in [-0.1, -0.05) is 24.3 Å². The lowest BCUT2D eigenvalue weighted by atomic mass is 10.0. The van der Waals surface area contributed by atoms with E-state index in [4.69, 9.17) is 4.74 Å². The Bertz CT molecular complexity index is 1630. The number of aromatic nitrogens is 5. The number of morpholine rings is 1. The molecule has 4 heterocycles. The lowest BCUT2D eigenvalue weighted by molar-refractivity contribution is -0.137. The number of hydrogen-bond donors (Lipinski definition) is 1. The first-order chi connectivity index (χ1) is 19.4. The van der Waals surface area contributed by atoms with Crippen LogP contribution in [0.5, 0.6) is 0 Å². The molecule has 0 atom stereocenters. The van der Waals surface area contributed by atoms with Crippen LogP contribution in [0.4, 0.5) is 24.7 Å². The zero-order valence-electron chi connectivity index (χ0n) is 21.5. The van der Waals surface area contributed by atoms with Gasteiger partial charge in [-0.25, -0.2) is 9.97 Å². The van der Waals surface area contributed by atoms with Gasteiger partial charge in [0, 0.05) is 54.2 Å². The first kappa shape index (κ1) is 25.9. The van der Waals surface area contributed by atoms with E-state index in [1.165, 1.54) is 24.7 Å². The number of fused-ring (bicyclic) bond motifs is 1. The van der Waals surface area contributed by atoms with E-state index in [0.717, 1.165) is 67.5 Å². The van der Waals surface area contributed by atoms with Gasteiger partial charge in [0.1, 0.15) is 12.1 Å². The quantitative estimate of drug-likeness (QED) is 0.283. The molecule has 8 nitrogen and oxygen atoms in total. The molecule has 6 rings (SSSR count). The lowest BCUT2D eigenvalue weighted by Gasteiger charge is -2.26. The molecule has 0 unspecified atom stereocenters. The molecule has 2 aromatic carbocycles. The van der Waals surface area contributed by atoms with Crippen molar-refractivity contribution in [3.05, 3.63) is 85.1 Å². The topological polar surface area (TPSA) is 81.0 Å². The Morgan fingerprint density at radius 2 is 1.75 bits per heavy atom. The van der Waals surface area contributed by atoms with Crippen LogP contribution in [0.25, 0.3) is 33.3 Å². The average Bonchev–Trinajstić information content (AvgIpc) is 3.45. The van der Waals surface area contributed by atoms with Crippen LogP contribution in [0.3, 0.4) is 0 Å². The van der Waals surface area contributed by atoms with Crippen LogP contribution in [0.2, 0.25) is 0 Å². The monoisotopic (exact) mass is 545 g/mol. The number of anilines is 2. The average molecular weight is 546 g/mol. The van der Waals surface area contributed by atoms with E-state index in [0.29, 0.717) is 11.5 Å². The summed E-state index contributed by atoms with van der Waals surface area (Å²) in [6.07, 6.45) is 2.32. The fourth-order valence-electron chi connectivity index (χ4n) is 4.79. The highest BCUT2D eigenvalue weighted by Gasteiger charge is 2.33. The van der Waals surface area contributed by atoms with Crippen molar-refractivity contribution in [1.82, 2.24) is 29.6 Å². The molecule has 204 valence electrons. The molecule has 0 spiro atoms. The van der Waals surface area contributed by atoms with Crippen LogP contribution in [0.15, 0.2) is 79.5 Å². The van der Waals surface area contributed by atoms with Gasteiger partial charge in [-0.2, -0.15) is 18.3 Å². The standard InChI is InChI=1S/C29H26F3N7O/c30-29(31,32)25-4-2-1-3-23(25)27-16-22(7-8-33-27)37-28-24-6-5-20(15-26(24)34-19-35-28)21-17-36-39(18-21)10-9-38-11-13-40-14-12-38/h1-8,15-19H,9-14H2,(H,33,34,35,37). The maximum atomic E-state index is 13.6. The third-order valence-electron chi connectivity index (χ3n) is 6.88. The van der Waals surface area contributed by atoms with Crippen molar-refractivity contribution >= 4 is 22.4 Å². The van der Waals surface area contributed by atoms with Crippen LogP contribution < -0.4 is 5.32 Å². The molecule has 1 fully saturated rings. The van der Waals surface area contributed by atoms with Crippen molar-refractivity contribution in [3.63, 3.8) is 0 Å². The molecule has 0 bridgehead atoms. The predicted octanol–water partition coefficient (Wildman–Crippen LogP) is 5.65. The first-order valence-electron chi connectivity index (χ1n) is 12.9. The molecule has 0 aliphatic carbocycles. The maximum absolute atomic E-state index is 13.6. The molecule has 40 heavy (non-hydrogen) atoms. The number of ether oxygens (including phenoxy) is 1. The normalized spacial score (nSPS) is 14.5. The van der Waals surface area contributed by atoms with E-state index in [1.807, 2.05) is 35.3 Å². The number of benzene rings is 2. The molecule has 0 amide bonds. The molecule has 1 N–H and O–H groups in total. The molecule has 1 aliphatic rings. The Balaban J connectivity index is 1.22. The SMILES string of the molecule is FC(F)(F)c1ccccc1-c1cc(Nc2ncnc3cc(-c4cnn(CCN5CCOCC5)c4)ccc23)ccn1. The number of alkyl halides is 3. The minimum Gasteiger partial charge on any atom is -0.379 e. The van der Waals surface area contributed by atoms with Gasteiger partial charge in [-0.05, 0) is 35.9 Å². The van der Waals surface area contributed by atoms with Crippen molar-refractivity contribution in [2.24, 2.45) is 0 Å². The van der Waals surface area contributed by atoms with Gasteiger partial charge in [0.15, 0.2) is 0 Å². The first-order valence-corrected chi connectivity index (χ1v) is 12.9. The summed E-state index contributed by atoms with van der Waals surface area (Å²) in [5, 5.41) is 8.52. The number of rotatable bonds is 7. The minimum absolute atomic E-state index is 0.0151. The van der Waals surface area contributed by atoms with E-state index in [1.54, 1.807) is 18.2 Å². The van der Waals surface area contributed by atoms with Gasteiger partial charge in [0.05, 0.1) is 42.7 Å². The van der Waals surface area contributed by atoms with Gasteiger partial charge in [0.2, 0.25) is 0 Å². The van der Waals surface area contributed by atoms with Crippen molar-refractivity contribution < 1.29 is 17.9 Å². The van der Waals surface area contributed by atoms with E-state index in [2.05, 4.69) is 30.3 Å². The summed E-state index contributed by atoms with van der Waals surface area (Å²) in [6.45, 7) is 5.14. The number of nitrogens with zero attached hydrogens (tertiary/aromatic N) is 6. The summed E-state index contributed by atoms with van der Waals surface area (Å²) in [5.41, 5.74) is 2.75. The number of hydrogen-bond acceptors (Lipinski definition) is 7. The van der Waals surface area contributed by atoms with Crippen molar-refractivity contribution in [1.29, 1.82) is 0 Å². The molecule has 11 heteroatoms. The van der Waals surface area contributed by atoms with Gasteiger partial charge in [0.25, 0.3) is 0 Å². The van der Waals surface area contributed by atoms with Gasteiger partial charge in [-0.15, -0.1) is 0 Å². The van der Waals surface area contributed by atoms with Crippen LogP contribution in [-0.4, -0.2) is 62.5 Å². The van der Waals surface area contributed by atoms with E-state index in [9.17, 15) is 13.2 Å². The molecule has 1 saturated heterocycles. The second-order valence-electron chi connectivity index (χ2n) is 9.50. The molecule has 5 aromatic rings. The Kier molecular flexibility index (Phi) is 7.14. The fourth-order valence-corrected chi connectivity index (χ4v) is 4.79. The Labute approximate surface area is 228 Å². The van der Waals surface area contributed by atoms with Gasteiger partial charge in [-0.3, -0.25) is 14.6 Å². The third kappa shape index (κ3) is 5.65. The zero-order valence-corrected chi connectivity index (χ0v) is 21.5. The van der Waals surface area contributed by atoms with E-state index >= 15 is 0 Å². The minimum atomic E-state index is -4.48. The largest absolute Gasteiger partial charge is 0.417 e. The highest BCUT2D eigenvalue weighted by atomic mass is 19.4. The van der Waals surface area contributed by atoms with Gasteiger partial charge < -0.3 is 10.1 Å². The summed E-state index contributed by atoms with van der Waals surface area (Å²) in [4.78, 5) is 15.4. The summed E-state index contributed by atoms with van der Waals surface area (Å²) < 4.78 is 48.0. The fraction of sp³-hybridized carbons (Fsp3) is 0.241. The van der Waals surface area contributed by atoms with Crippen molar-refractivity contribution in [2.45, 2.75) is 12.7 Å². The molecule has 0 saturated carbocycles. The molecule has 3 aromatic heterocycles.